The van der Waals surface area contributed by atoms with Crippen molar-refractivity contribution in [1.29, 1.82) is 0 Å². The van der Waals surface area contributed by atoms with Gasteiger partial charge in [0.25, 0.3) is 5.91 Å². The van der Waals surface area contributed by atoms with Gasteiger partial charge in [-0.3, -0.25) is 9.59 Å². The SMILES string of the molecule is CCC(C)N(CC(=O)N(CCc1c[nH]c2ccccc12)Cc1ccc(N(C)C)cc1)C(=O)c1ccc(-c2ccccc2)cc1. The van der Waals surface area contributed by atoms with Gasteiger partial charge in [0.2, 0.25) is 5.91 Å². The summed E-state index contributed by atoms with van der Waals surface area (Å²) >= 11 is 0. The standard InChI is InChI=1S/C38H42N4O2/c1-5-28(2)42(38(44)32-19-17-31(18-20-32)30-11-7-6-8-12-30)27-37(43)41(26-29-15-21-34(22-16-29)40(3)4)24-23-33-25-39-36-14-10-9-13-35(33)36/h6-22,25,28,39H,5,23-24,26-27H2,1-4H3. The van der Waals surface area contributed by atoms with Gasteiger partial charge in [-0.25, -0.2) is 0 Å². The molecule has 0 saturated carbocycles. The quantitative estimate of drug-likeness (QED) is 0.166. The fraction of sp³-hybridized carbons (Fsp3) is 0.263. The van der Waals surface area contributed by atoms with Crippen LogP contribution in [0.25, 0.3) is 22.0 Å². The highest BCUT2D eigenvalue weighted by molar-refractivity contribution is 5.97. The molecule has 0 aliphatic carbocycles. The minimum Gasteiger partial charge on any atom is -0.378 e. The van der Waals surface area contributed by atoms with Crippen LogP contribution in [0.4, 0.5) is 5.69 Å². The number of nitrogens with zero attached hydrogens (tertiary/aromatic N) is 3. The van der Waals surface area contributed by atoms with Crippen molar-refractivity contribution in [3.8, 4) is 11.1 Å². The number of hydrogen-bond donors (Lipinski definition) is 1. The van der Waals surface area contributed by atoms with Crippen molar-refractivity contribution in [1.82, 2.24) is 14.8 Å². The Labute approximate surface area is 260 Å². The van der Waals surface area contributed by atoms with E-state index in [2.05, 4.69) is 65.3 Å². The Morgan fingerprint density at radius 3 is 2.14 bits per heavy atom. The summed E-state index contributed by atoms with van der Waals surface area (Å²) < 4.78 is 0. The maximum absolute atomic E-state index is 14.1. The van der Waals surface area contributed by atoms with E-state index >= 15 is 0 Å². The first-order valence-electron chi connectivity index (χ1n) is 15.4. The maximum atomic E-state index is 14.1. The van der Waals surface area contributed by atoms with Crippen molar-refractivity contribution in [3.63, 3.8) is 0 Å². The fourth-order valence-corrected chi connectivity index (χ4v) is 5.50. The van der Waals surface area contributed by atoms with Crippen LogP contribution >= 0.6 is 0 Å². The van der Waals surface area contributed by atoms with E-state index in [1.807, 2.05) is 86.7 Å². The number of H-pyrrole nitrogens is 1. The molecule has 1 heterocycles. The number of benzene rings is 4. The van der Waals surface area contributed by atoms with Gasteiger partial charge in [-0.15, -0.1) is 0 Å². The smallest absolute Gasteiger partial charge is 0.254 e. The number of carbonyl (C=O) groups excluding carboxylic acids is 2. The van der Waals surface area contributed by atoms with Gasteiger partial charge in [0.1, 0.15) is 6.54 Å². The lowest BCUT2D eigenvalue weighted by atomic mass is 10.0. The second-order valence-electron chi connectivity index (χ2n) is 11.6. The largest absolute Gasteiger partial charge is 0.378 e. The van der Waals surface area contributed by atoms with Gasteiger partial charge in [-0.05, 0) is 72.4 Å². The lowest BCUT2D eigenvalue weighted by Gasteiger charge is -2.31. The molecule has 0 bridgehead atoms. The predicted molar refractivity (Wildman–Crippen MR) is 181 cm³/mol. The Balaban J connectivity index is 1.36. The van der Waals surface area contributed by atoms with Gasteiger partial charge in [0.05, 0.1) is 0 Å². The number of fused-ring (bicyclic) bond motifs is 1. The van der Waals surface area contributed by atoms with Crippen LogP contribution in [0, 0.1) is 0 Å². The molecule has 0 radical (unpaired) electrons. The average Bonchev–Trinajstić information content (AvgIpc) is 3.48. The third-order valence-corrected chi connectivity index (χ3v) is 8.43. The molecule has 0 aliphatic rings. The number of para-hydroxylation sites is 1. The van der Waals surface area contributed by atoms with Crippen molar-refractivity contribution in [3.05, 3.63) is 126 Å². The van der Waals surface area contributed by atoms with Crippen LogP contribution in [0.3, 0.4) is 0 Å². The molecule has 1 aromatic heterocycles. The number of aromatic nitrogens is 1. The summed E-state index contributed by atoms with van der Waals surface area (Å²) in [5, 5.41) is 1.17. The van der Waals surface area contributed by atoms with E-state index in [0.29, 0.717) is 25.1 Å². The third kappa shape index (κ3) is 7.20. The monoisotopic (exact) mass is 586 g/mol. The Hall–Kier alpha value is -4.84. The number of anilines is 1. The summed E-state index contributed by atoms with van der Waals surface area (Å²) in [5.41, 5.74) is 7.17. The average molecular weight is 587 g/mol. The molecule has 5 rings (SSSR count). The summed E-state index contributed by atoms with van der Waals surface area (Å²) in [6, 6.07) is 34.2. The molecule has 0 saturated heterocycles. The molecule has 4 aromatic carbocycles. The molecule has 1 unspecified atom stereocenters. The van der Waals surface area contributed by atoms with E-state index < -0.39 is 0 Å². The Kier molecular flexibility index (Phi) is 9.80. The first-order chi connectivity index (χ1) is 21.3. The summed E-state index contributed by atoms with van der Waals surface area (Å²) in [5.74, 6) is -0.185. The van der Waals surface area contributed by atoms with Crippen molar-refractivity contribution in [2.24, 2.45) is 0 Å². The minimum absolute atomic E-state index is 0.0257. The lowest BCUT2D eigenvalue weighted by Crippen LogP contribution is -2.46. The van der Waals surface area contributed by atoms with E-state index in [4.69, 9.17) is 0 Å². The minimum atomic E-state index is -0.126. The zero-order chi connectivity index (χ0) is 31.1. The molecule has 0 spiro atoms. The number of amides is 2. The summed E-state index contributed by atoms with van der Waals surface area (Å²) in [7, 11) is 4.03. The van der Waals surface area contributed by atoms with Gasteiger partial charge in [0.15, 0.2) is 0 Å². The van der Waals surface area contributed by atoms with E-state index in [9.17, 15) is 9.59 Å². The topological polar surface area (TPSA) is 59.7 Å². The lowest BCUT2D eigenvalue weighted by molar-refractivity contribution is -0.133. The molecule has 6 nitrogen and oxygen atoms in total. The summed E-state index contributed by atoms with van der Waals surface area (Å²) in [6.45, 7) is 5.11. The molecule has 1 N–H and O–H groups in total. The second kappa shape index (κ2) is 14.1. The zero-order valence-corrected chi connectivity index (χ0v) is 26.2. The van der Waals surface area contributed by atoms with Gasteiger partial charge in [-0.2, -0.15) is 0 Å². The molecular weight excluding hydrogens is 544 g/mol. The zero-order valence-electron chi connectivity index (χ0n) is 26.2. The van der Waals surface area contributed by atoms with Crippen molar-refractivity contribution in [2.75, 3.05) is 32.1 Å². The van der Waals surface area contributed by atoms with Gasteiger partial charge >= 0.3 is 0 Å². The fourth-order valence-electron chi connectivity index (χ4n) is 5.50. The number of nitrogens with one attached hydrogen (secondary N) is 1. The van der Waals surface area contributed by atoms with E-state index in [1.54, 1.807) is 4.90 Å². The normalized spacial score (nSPS) is 11.7. The van der Waals surface area contributed by atoms with Gasteiger partial charge in [0, 0.05) is 61.6 Å². The predicted octanol–water partition coefficient (Wildman–Crippen LogP) is 7.41. The van der Waals surface area contributed by atoms with Crippen LogP contribution in [-0.2, 0) is 17.8 Å². The highest BCUT2D eigenvalue weighted by Gasteiger charge is 2.26. The number of hydrogen-bond acceptors (Lipinski definition) is 3. The first-order valence-corrected chi connectivity index (χ1v) is 15.4. The van der Waals surface area contributed by atoms with Crippen LogP contribution in [0.15, 0.2) is 109 Å². The Morgan fingerprint density at radius 2 is 1.45 bits per heavy atom. The van der Waals surface area contributed by atoms with E-state index in [0.717, 1.165) is 34.3 Å². The number of aromatic amines is 1. The molecule has 2 amide bonds. The highest BCUT2D eigenvalue weighted by Crippen LogP contribution is 2.22. The number of carbonyl (C=O) groups is 2. The van der Waals surface area contributed by atoms with Crippen molar-refractivity contribution in [2.45, 2.75) is 39.3 Å². The third-order valence-electron chi connectivity index (χ3n) is 8.43. The van der Waals surface area contributed by atoms with E-state index in [-0.39, 0.29) is 24.4 Å². The van der Waals surface area contributed by atoms with Crippen LogP contribution < -0.4 is 4.90 Å². The summed E-state index contributed by atoms with van der Waals surface area (Å²) in [6.07, 6.45) is 3.50. The molecular formula is C38H42N4O2. The van der Waals surface area contributed by atoms with Crippen molar-refractivity contribution >= 4 is 28.4 Å². The van der Waals surface area contributed by atoms with Gasteiger partial charge in [-0.1, -0.05) is 79.7 Å². The van der Waals surface area contributed by atoms with Crippen LogP contribution in [-0.4, -0.2) is 59.8 Å². The Morgan fingerprint density at radius 1 is 0.795 bits per heavy atom. The molecule has 6 heteroatoms. The maximum Gasteiger partial charge on any atom is 0.254 e. The van der Waals surface area contributed by atoms with Crippen molar-refractivity contribution < 1.29 is 9.59 Å². The first kappa shape index (κ1) is 30.6. The molecule has 5 aromatic rings. The molecule has 226 valence electrons. The molecule has 0 fully saturated rings. The summed E-state index contributed by atoms with van der Waals surface area (Å²) in [4.78, 5) is 37.0. The van der Waals surface area contributed by atoms with Crippen LogP contribution in [0.2, 0.25) is 0 Å². The molecule has 1 atom stereocenters. The molecule has 44 heavy (non-hydrogen) atoms. The van der Waals surface area contributed by atoms with Crippen LogP contribution in [0.5, 0.6) is 0 Å². The molecule has 0 aliphatic heterocycles. The number of rotatable bonds is 12. The van der Waals surface area contributed by atoms with Gasteiger partial charge < -0.3 is 19.7 Å². The van der Waals surface area contributed by atoms with Crippen LogP contribution in [0.1, 0.15) is 41.8 Å². The Bertz CT molecular complexity index is 1670. The second-order valence-corrected chi connectivity index (χ2v) is 11.6. The highest BCUT2D eigenvalue weighted by atomic mass is 16.2. The van der Waals surface area contributed by atoms with E-state index in [1.165, 1.54) is 10.9 Å².